The number of carbonyl (C=O) groups excluding carboxylic acids is 1. The molecule has 2 aromatic heterocycles. The minimum absolute atomic E-state index is 0.0512. The molecule has 1 N–H and O–H groups in total. The highest BCUT2D eigenvalue weighted by Gasteiger charge is 2.27. The van der Waals surface area contributed by atoms with Crippen molar-refractivity contribution in [1.82, 2.24) is 15.4 Å². The lowest BCUT2D eigenvalue weighted by Gasteiger charge is -2.32. The first-order valence-electron chi connectivity index (χ1n) is 9.07. The van der Waals surface area contributed by atoms with E-state index in [0.717, 1.165) is 42.2 Å². The predicted octanol–water partition coefficient (Wildman–Crippen LogP) is 3.30. The van der Waals surface area contributed by atoms with Crippen LogP contribution in [0.3, 0.4) is 0 Å². The number of carbonyl (C=O) groups is 1. The second-order valence-electron chi connectivity index (χ2n) is 6.75. The molecule has 0 aliphatic carbocycles. The van der Waals surface area contributed by atoms with Crippen LogP contribution in [0.5, 0.6) is 0 Å². The fourth-order valence-corrected chi connectivity index (χ4v) is 3.30. The van der Waals surface area contributed by atoms with Gasteiger partial charge in [-0.1, -0.05) is 35.5 Å². The Kier molecular flexibility index (Phi) is 4.82. The molecule has 138 valence electrons. The van der Waals surface area contributed by atoms with Crippen LogP contribution in [0.15, 0.2) is 53.1 Å². The van der Waals surface area contributed by atoms with E-state index in [1.54, 1.807) is 6.07 Å². The molecule has 1 aliphatic heterocycles. The maximum atomic E-state index is 12.5. The van der Waals surface area contributed by atoms with Gasteiger partial charge in [0.25, 0.3) is 0 Å². The van der Waals surface area contributed by atoms with E-state index in [0.29, 0.717) is 12.4 Å². The van der Waals surface area contributed by atoms with Gasteiger partial charge in [-0.2, -0.15) is 0 Å². The van der Waals surface area contributed by atoms with Gasteiger partial charge in [-0.15, -0.1) is 10.2 Å². The molecule has 1 atom stereocenters. The zero-order valence-electron chi connectivity index (χ0n) is 15.1. The Morgan fingerprint density at radius 2 is 2.04 bits per heavy atom. The molecule has 1 fully saturated rings. The number of piperidine rings is 1. The largest absolute Gasteiger partial charge is 0.354 e. The predicted molar refractivity (Wildman–Crippen MR) is 102 cm³/mol. The van der Waals surface area contributed by atoms with Gasteiger partial charge in [0, 0.05) is 24.7 Å². The van der Waals surface area contributed by atoms with Gasteiger partial charge in [0.2, 0.25) is 11.8 Å². The lowest BCUT2D eigenvalue weighted by Crippen LogP contribution is -2.41. The van der Waals surface area contributed by atoms with Crippen molar-refractivity contribution in [3.63, 3.8) is 0 Å². The molecular weight excluding hydrogens is 342 g/mol. The summed E-state index contributed by atoms with van der Waals surface area (Å²) in [5.74, 6) is 1.01. The summed E-state index contributed by atoms with van der Waals surface area (Å²) in [6.45, 7) is 3.29. The number of aryl methyl sites for hydroxylation is 1. The molecule has 0 radical (unpaired) electrons. The molecule has 27 heavy (non-hydrogen) atoms. The van der Waals surface area contributed by atoms with Gasteiger partial charge in [0.05, 0.1) is 17.3 Å². The average molecular weight is 363 g/mol. The molecule has 0 saturated carbocycles. The number of amides is 1. The van der Waals surface area contributed by atoms with Crippen LogP contribution < -0.4 is 10.2 Å². The van der Waals surface area contributed by atoms with E-state index in [-0.39, 0.29) is 11.8 Å². The summed E-state index contributed by atoms with van der Waals surface area (Å²) < 4.78 is 5.07. The minimum Gasteiger partial charge on any atom is -0.354 e. The van der Waals surface area contributed by atoms with Gasteiger partial charge in [-0.25, -0.2) is 0 Å². The van der Waals surface area contributed by atoms with E-state index in [9.17, 15) is 4.79 Å². The molecule has 7 heteroatoms. The van der Waals surface area contributed by atoms with Crippen molar-refractivity contribution >= 4 is 17.6 Å². The fraction of sp³-hybridized carbons (Fsp3) is 0.300. The van der Waals surface area contributed by atoms with E-state index < -0.39 is 0 Å². The summed E-state index contributed by atoms with van der Waals surface area (Å²) in [4.78, 5) is 14.6. The Balaban J connectivity index is 1.42. The minimum atomic E-state index is -0.125. The van der Waals surface area contributed by atoms with E-state index in [2.05, 4.69) is 25.6 Å². The summed E-state index contributed by atoms with van der Waals surface area (Å²) >= 11 is 0. The number of rotatable bonds is 4. The third-order valence-corrected chi connectivity index (χ3v) is 4.71. The number of aromatic nitrogens is 3. The molecule has 7 nitrogen and oxygen atoms in total. The highest BCUT2D eigenvalue weighted by atomic mass is 16.5. The van der Waals surface area contributed by atoms with Crippen LogP contribution in [0.2, 0.25) is 0 Å². The number of hydrogen-bond donors (Lipinski definition) is 1. The van der Waals surface area contributed by atoms with Crippen molar-refractivity contribution in [3.8, 4) is 11.3 Å². The van der Waals surface area contributed by atoms with Crippen LogP contribution in [-0.4, -0.2) is 34.4 Å². The number of benzene rings is 1. The molecular formula is C20H21N5O2. The fourth-order valence-electron chi connectivity index (χ4n) is 3.30. The van der Waals surface area contributed by atoms with Gasteiger partial charge in [0.15, 0.2) is 5.82 Å². The number of hydrogen-bond acceptors (Lipinski definition) is 6. The quantitative estimate of drug-likeness (QED) is 0.766. The smallest absolute Gasteiger partial charge is 0.231 e. The summed E-state index contributed by atoms with van der Waals surface area (Å²) in [6.07, 6.45) is 1.76. The molecule has 1 amide bonds. The summed E-state index contributed by atoms with van der Waals surface area (Å²) in [5, 5.41) is 15.3. The topological polar surface area (TPSA) is 84.2 Å². The summed E-state index contributed by atoms with van der Waals surface area (Å²) in [7, 11) is 0. The maximum absolute atomic E-state index is 12.5. The lowest BCUT2D eigenvalue weighted by molar-refractivity contribution is -0.120. The Labute approximate surface area is 157 Å². The first-order chi connectivity index (χ1) is 13.2. The second-order valence-corrected chi connectivity index (χ2v) is 6.75. The van der Waals surface area contributed by atoms with Crippen molar-refractivity contribution < 1.29 is 9.32 Å². The van der Waals surface area contributed by atoms with Crippen LogP contribution >= 0.6 is 0 Å². The zero-order valence-corrected chi connectivity index (χ0v) is 15.1. The van der Waals surface area contributed by atoms with Gasteiger partial charge < -0.3 is 9.42 Å². The van der Waals surface area contributed by atoms with Crippen LogP contribution in [0, 0.1) is 12.8 Å². The van der Waals surface area contributed by atoms with Crippen molar-refractivity contribution in [1.29, 1.82) is 0 Å². The van der Waals surface area contributed by atoms with Crippen LogP contribution in [0.1, 0.15) is 18.5 Å². The third-order valence-electron chi connectivity index (χ3n) is 4.71. The van der Waals surface area contributed by atoms with Crippen molar-refractivity contribution in [2.75, 3.05) is 23.3 Å². The Hall–Kier alpha value is -3.22. The van der Waals surface area contributed by atoms with Crippen molar-refractivity contribution in [3.05, 3.63) is 54.2 Å². The van der Waals surface area contributed by atoms with Gasteiger partial charge in [-0.05, 0) is 31.9 Å². The number of nitrogens with zero attached hydrogens (tertiary/aromatic N) is 4. The molecule has 3 aromatic rings. The lowest BCUT2D eigenvalue weighted by atomic mass is 9.97. The van der Waals surface area contributed by atoms with Gasteiger partial charge >= 0.3 is 0 Å². The zero-order chi connectivity index (χ0) is 18.6. The van der Waals surface area contributed by atoms with Crippen molar-refractivity contribution in [2.45, 2.75) is 19.8 Å². The molecule has 1 aliphatic rings. The summed E-state index contributed by atoms with van der Waals surface area (Å²) in [5.41, 5.74) is 2.62. The molecule has 0 bridgehead atoms. The van der Waals surface area contributed by atoms with Gasteiger partial charge in [0.1, 0.15) is 0 Å². The summed E-state index contributed by atoms with van der Waals surface area (Å²) in [6, 6.07) is 15.6. The van der Waals surface area contributed by atoms with Crippen LogP contribution in [-0.2, 0) is 4.79 Å². The van der Waals surface area contributed by atoms with E-state index in [1.807, 2.05) is 49.4 Å². The normalized spacial score (nSPS) is 16.9. The molecule has 1 aromatic carbocycles. The van der Waals surface area contributed by atoms with E-state index >= 15 is 0 Å². The van der Waals surface area contributed by atoms with Gasteiger partial charge in [-0.3, -0.25) is 10.1 Å². The molecule has 4 rings (SSSR count). The first-order valence-corrected chi connectivity index (χ1v) is 9.07. The molecule has 1 saturated heterocycles. The standard InChI is InChI=1S/C20H21N5O2/c1-14-12-19(27-24-14)21-20(26)16-8-5-11-25(13-16)18-10-9-17(22-23-18)15-6-3-2-4-7-15/h2-4,6-7,9-10,12,16H,5,8,11,13H2,1H3,(H,21,26). The molecule has 3 heterocycles. The first kappa shape index (κ1) is 17.2. The second kappa shape index (κ2) is 7.57. The number of nitrogens with one attached hydrogen (secondary N) is 1. The average Bonchev–Trinajstić information content (AvgIpc) is 3.13. The highest BCUT2D eigenvalue weighted by molar-refractivity contribution is 5.91. The number of anilines is 2. The van der Waals surface area contributed by atoms with E-state index in [1.165, 1.54) is 0 Å². The van der Waals surface area contributed by atoms with Crippen LogP contribution in [0.4, 0.5) is 11.7 Å². The Bertz CT molecular complexity index is 908. The molecule has 0 spiro atoms. The molecule has 1 unspecified atom stereocenters. The Morgan fingerprint density at radius 1 is 1.19 bits per heavy atom. The maximum Gasteiger partial charge on any atom is 0.231 e. The third kappa shape index (κ3) is 3.97. The highest BCUT2D eigenvalue weighted by Crippen LogP contribution is 2.24. The van der Waals surface area contributed by atoms with Crippen molar-refractivity contribution in [2.24, 2.45) is 5.92 Å². The van der Waals surface area contributed by atoms with E-state index in [4.69, 9.17) is 4.52 Å². The monoisotopic (exact) mass is 363 g/mol. The van der Waals surface area contributed by atoms with Crippen LogP contribution in [0.25, 0.3) is 11.3 Å². The SMILES string of the molecule is Cc1cc(NC(=O)C2CCCN(c3ccc(-c4ccccc4)nn3)C2)on1. The Morgan fingerprint density at radius 3 is 2.74 bits per heavy atom.